The highest BCUT2D eigenvalue weighted by atomic mass is 79.9. The van der Waals surface area contributed by atoms with Gasteiger partial charge in [-0.1, -0.05) is 52.3 Å². The molecule has 0 radical (unpaired) electrons. The third-order valence-corrected chi connectivity index (χ3v) is 4.36. The summed E-state index contributed by atoms with van der Waals surface area (Å²) in [4.78, 5) is 2.56. The van der Waals surface area contributed by atoms with Crippen LogP contribution in [0.25, 0.3) is 0 Å². The van der Waals surface area contributed by atoms with Crippen molar-refractivity contribution in [1.82, 2.24) is 4.90 Å². The zero-order valence-electron chi connectivity index (χ0n) is 11.0. The Morgan fingerprint density at radius 2 is 1.42 bits per heavy atom. The van der Waals surface area contributed by atoms with Crippen LogP contribution < -0.4 is 0 Å². The third-order valence-electron chi connectivity index (χ3n) is 3.83. The van der Waals surface area contributed by atoms with Crippen LogP contribution in [0, 0.1) is 0 Å². The lowest BCUT2D eigenvalue weighted by atomic mass is 10.0. The van der Waals surface area contributed by atoms with Gasteiger partial charge in [0.1, 0.15) is 0 Å². The first-order valence-electron chi connectivity index (χ1n) is 6.85. The maximum Gasteiger partial charge on any atom is 0.0234 e. The fraction of sp³-hybridized carbons (Fsp3) is 0.294. The molecule has 1 aliphatic heterocycles. The molecule has 0 fully saturated rings. The molecule has 0 bridgehead atoms. The molecule has 3 rings (SSSR count). The maximum atomic E-state index is 3.49. The number of benzene rings is 2. The second-order valence-electron chi connectivity index (χ2n) is 5.17. The first-order chi connectivity index (χ1) is 9.31. The van der Waals surface area contributed by atoms with Gasteiger partial charge in [-0.15, -0.1) is 0 Å². The van der Waals surface area contributed by atoms with Gasteiger partial charge in [0.05, 0.1) is 0 Å². The molecule has 1 nitrogen and oxygen atoms in total. The molecule has 2 aromatic rings. The van der Waals surface area contributed by atoms with Gasteiger partial charge in [0, 0.05) is 24.1 Å². The summed E-state index contributed by atoms with van der Waals surface area (Å²) in [6.07, 6.45) is 2.35. The van der Waals surface area contributed by atoms with E-state index in [2.05, 4.69) is 69.4 Å². The van der Waals surface area contributed by atoms with Crippen LogP contribution in [0.2, 0.25) is 0 Å². The van der Waals surface area contributed by atoms with Crippen molar-refractivity contribution in [3.63, 3.8) is 0 Å². The van der Waals surface area contributed by atoms with Gasteiger partial charge >= 0.3 is 0 Å². The molecule has 2 aromatic carbocycles. The number of fused-ring (bicyclic) bond motifs is 1. The molecule has 0 amide bonds. The van der Waals surface area contributed by atoms with E-state index in [0.717, 1.165) is 24.1 Å². The summed E-state index contributed by atoms with van der Waals surface area (Å²) in [7, 11) is 0. The summed E-state index contributed by atoms with van der Waals surface area (Å²) in [6.45, 7) is 3.38. The quantitative estimate of drug-likeness (QED) is 0.808. The van der Waals surface area contributed by atoms with E-state index in [4.69, 9.17) is 0 Å². The molecule has 0 unspecified atom stereocenters. The lowest BCUT2D eigenvalue weighted by molar-refractivity contribution is 0.279. The average Bonchev–Trinajstić information content (AvgIpc) is 2.64. The van der Waals surface area contributed by atoms with Gasteiger partial charge in [-0.2, -0.15) is 0 Å². The first-order valence-corrected chi connectivity index (χ1v) is 7.64. The molecule has 0 saturated heterocycles. The van der Waals surface area contributed by atoms with Crippen LogP contribution in [0.3, 0.4) is 0 Å². The minimum absolute atomic E-state index is 1.06. The SMILES string of the molecule is Brc1ccc(CN2CCc3ccccc3CC2)cc1. The van der Waals surface area contributed by atoms with Crippen LogP contribution in [-0.4, -0.2) is 18.0 Å². The van der Waals surface area contributed by atoms with Gasteiger partial charge in [0.2, 0.25) is 0 Å². The highest BCUT2D eigenvalue weighted by Crippen LogP contribution is 2.18. The van der Waals surface area contributed by atoms with Crippen molar-refractivity contribution >= 4 is 15.9 Å². The van der Waals surface area contributed by atoms with Crippen molar-refractivity contribution in [3.05, 3.63) is 69.7 Å². The van der Waals surface area contributed by atoms with Gasteiger partial charge < -0.3 is 0 Å². The molecule has 1 aliphatic rings. The molecule has 0 N–H and O–H groups in total. The Kier molecular flexibility index (Phi) is 4.00. The van der Waals surface area contributed by atoms with Gasteiger partial charge in [0.15, 0.2) is 0 Å². The van der Waals surface area contributed by atoms with E-state index in [0.29, 0.717) is 0 Å². The van der Waals surface area contributed by atoms with Crippen molar-refractivity contribution in [2.24, 2.45) is 0 Å². The predicted molar refractivity (Wildman–Crippen MR) is 83.3 cm³/mol. The largest absolute Gasteiger partial charge is 0.298 e. The van der Waals surface area contributed by atoms with Gasteiger partial charge in [-0.05, 0) is 41.7 Å². The second-order valence-corrected chi connectivity index (χ2v) is 6.09. The van der Waals surface area contributed by atoms with Crippen LogP contribution in [0.5, 0.6) is 0 Å². The summed E-state index contributed by atoms with van der Waals surface area (Å²) in [5.74, 6) is 0. The minimum atomic E-state index is 1.06. The van der Waals surface area contributed by atoms with E-state index in [1.54, 1.807) is 0 Å². The average molecular weight is 316 g/mol. The first kappa shape index (κ1) is 12.9. The second kappa shape index (κ2) is 5.89. The van der Waals surface area contributed by atoms with Crippen molar-refractivity contribution < 1.29 is 0 Å². The molecule has 0 atom stereocenters. The highest BCUT2D eigenvalue weighted by molar-refractivity contribution is 9.10. The molecule has 0 spiro atoms. The van der Waals surface area contributed by atoms with Crippen molar-refractivity contribution in [2.75, 3.05) is 13.1 Å². The summed E-state index contributed by atoms with van der Waals surface area (Å²) >= 11 is 3.49. The molecule has 1 heterocycles. The minimum Gasteiger partial charge on any atom is -0.298 e. The molecule has 0 aromatic heterocycles. The van der Waals surface area contributed by atoms with E-state index in [9.17, 15) is 0 Å². The van der Waals surface area contributed by atoms with E-state index in [1.807, 2.05) is 0 Å². The predicted octanol–water partition coefficient (Wildman–Crippen LogP) is 4.05. The fourth-order valence-corrected chi connectivity index (χ4v) is 2.98. The van der Waals surface area contributed by atoms with E-state index in [1.165, 1.54) is 29.5 Å². The third kappa shape index (κ3) is 3.26. The Balaban J connectivity index is 1.67. The lowest BCUT2D eigenvalue weighted by Crippen LogP contribution is -2.25. The lowest BCUT2D eigenvalue weighted by Gasteiger charge is -2.19. The Bertz CT molecular complexity index is 520. The van der Waals surface area contributed by atoms with Crippen LogP contribution in [0.1, 0.15) is 16.7 Å². The van der Waals surface area contributed by atoms with Crippen molar-refractivity contribution in [1.29, 1.82) is 0 Å². The number of nitrogens with zero attached hydrogens (tertiary/aromatic N) is 1. The Labute approximate surface area is 123 Å². The zero-order chi connectivity index (χ0) is 13.1. The monoisotopic (exact) mass is 315 g/mol. The Morgan fingerprint density at radius 3 is 2.00 bits per heavy atom. The molecular weight excluding hydrogens is 298 g/mol. The normalized spacial score (nSPS) is 15.8. The standard InChI is InChI=1S/C17H18BrN/c18-17-7-5-14(6-8-17)13-19-11-9-15-3-1-2-4-16(15)10-12-19/h1-8H,9-13H2. The van der Waals surface area contributed by atoms with E-state index < -0.39 is 0 Å². The summed E-state index contributed by atoms with van der Waals surface area (Å²) in [5, 5.41) is 0. The Morgan fingerprint density at radius 1 is 0.842 bits per heavy atom. The molecule has 98 valence electrons. The van der Waals surface area contributed by atoms with E-state index >= 15 is 0 Å². The van der Waals surface area contributed by atoms with Crippen molar-refractivity contribution in [3.8, 4) is 0 Å². The molecule has 0 saturated carbocycles. The molecular formula is C17H18BrN. The molecule has 0 aliphatic carbocycles. The number of hydrogen-bond acceptors (Lipinski definition) is 1. The zero-order valence-corrected chi connectivity index (χ0v) is 12.6. The summed E-state index contributed by atoms with van der Waals surface area (Å²) in [6, 6.07) is 17.5. The van der Waals surface area contributed by atoms with Crippen molar-refractivity contribution in [2.45, 2.75) is 19.4 Å². The maximum absolute atomic E-state index is 3.49. The van der Waals surface area contributed by atoms with Crippen LogP contribution in [0.4, 0.5) is 0 Å². The van der Waals surface area contributed by atoms with Gasteiger partial charge in [-0.25, -0.2) is 0 Å². The van der Waals surface area contributed by atoms with Crippen LogP contribution >= 0.6 is 15.9 Å². The van der Waals surface area contributed by atoms with Crippen LogP contribution in [-0.2, 0) is 19.4 Å². The van der Waals surface area contributed by atoms with Gasteiger partial charge in [0.25, 0.3) is 0 Å². The Hall–Kier alpha value is -1.12. The van der Waals surface area contributed by atoms with Crippen LogP contribution in [0.15, 0.2) is 53.0 Å². The van der Waals surface area contributed by atoms with Gasteiger partial charge in [-0.3, -0.25) is 4.90 Å². The smallest absolute Gasteiger partial charge is 0.0234 e. The number of rotatable bonds is 2. The van der Waals surface area contributed by atoms with E-state index in [-0.39, 0.29) is 0 Å². The molecule has 19 heavy (non-hydrogen) atoms. The number of hydrogen-bond donors (Lipinski definition) is 0. The topological polar surface area (TPSA) is 3.24 Å². The number of halogens is 1. The fourth-order valence-electron chi connectivity index (χ4n) is 2.72. The highest BCUT2D eigenvalue weighted by Gasteiger charge is 2.13. The molecule has 2 heteroatoms. The summed E-state index contributed by atoms with van der Waals surface area (Å²) in [5.41, 5.74) is 4.45. The summed E-state index contributed by atoms with van der Waals surface area (Å²) < 4.78 is 1.15.